The molecule has 0 aliphatic carbocycles. The summed E-state index contributed by atoms with van der Waals surface area (Å²) >= 11 is 0. The smallest absolute Gasteiger partial charge is 0.255 e. The minimum atomic E-state index is -0.901. The van der Waals surface area contributed by atoms with Gasteiger partial charge in [-0.1, -0.05) is 75.1 Å². The average Bonchev–Trinajstić information content (AvgIpc) is 3.84. The molecule has 286 valence electrons. The molecule has 0 saturated carbocycles. The lowest BCUT2D eigenvalue weighted by Crippen LogP contribution is -2.57. The van der Waals surface area contributed by atoms with Gasteiger partial charge in [-0.05, 0) is 61.8 Å². The molecule has 2 aliphatic heterocycles. The predicted octanol–water partition coefficient (Wildman–Crippen LogP) is 4.54. The van der Waals surface area contributed by atoms with E-state index in [4.69, 9.17) is 9.47 Å². The maximum Gasteiger partial charge on any atom is 0.255 e. The first kappa shape index (κ1) is 39.3. The topological polar surface area (TPSA) is 148 Å². The Labute approximate surface area is 312 Å². The molecule has 1 fully saturated rings. The number of rotatable bonds is 5. The van der Waals surface area contributed by atoms with E-state index in [1.165, 1.54) is 12.0 Å². The van der Waals surface area contributed by atoms with Crippen molar-refractivity contribution in [2.24, 2.45) is 5.92 Å². The molecule has 0 spiro atoms. The van der Waals surface area contributed by atoms with Crippen LogP contribution in [0.15, 0.2) is 54.7 Å². The Hall–Kier alpha value is -4.94. The third-order valence-corrected chi connectivity index (χ3v) is 10.0. The van der Waals surface area contributed by atoms with E-state index in [1.807, 2.05) is 50.4 Å². The largest absolute Gasteiger partial charge is 0.497 e. The molecule has 3 aromatic rings. The number of aryl methyl sites for hydroxylation is 1. The third-order valence-electron chi connectivity index (χ3n) is 10.0. The zero-order valence-corrected chi connectivity index (χ0v) is 31.6. The van der Waals surface area contributed by atoms with Gasteiger partial charge in [0.25, 0.3) is 5.91 Å². The Morgan fingerprint density at radius 3 is 2.43 bits per heavy atom. The summed E-state index contributed by atoms with van der Waals surface area (Å²) in [7, 11) is 3.17. The normalized spacial score (nSPS) is 21.7. The monoisotopic (exact) mass is 729 g/mol. The number of methoxy groups -OCH3 is 1. The number of carbonyl (C=O) groups is 4. The summed E-state index contributed by atoms with van der Waals surface area (Å²) in [6.45, 7) is 5.70. The highest BCUT2D eigenvalue weighted by molar-refractivity contribution is 6.01. The average molecular weight is 730 g/mol. The highest BCUT2D eigenvalue weighted by atomic mass is 16.5. The maximum atomic E-state index is 14.3. The van der Waals surface area contributed by atoms with Crippen LogP contribution < -0.4 is 20.1 Å². The number of hydrogen-bond acceptors (Lipinski definition) is 8. The summed E-state index contributed by atoms with van der Waals surface area (Å²) in [6.07, 6.45) is 9.63. The van der Waals surface area contributed by atoms with E-state index in [0.29, 0.717) is 56.0 Å². The summed E-state index contributed by atoms with van der Waals surface area (Å²) in [6, 6.07) is 12.2. The molecule has 0 radical (unpaired) electrons. The van der Waals surface area contributed by atoms with Crippen molar-refractivity contribution in [3.05, 3.63) is 71.5 Å². The van der Waals surface area contributed by atoms with Crippen LogP contribution in [0.2, 0.25) is 0 Å². The van der Waals surface area contributed by atoms with E-state index in [9.17, 15) is 19.2 Å². The molecule has 3 heterocycles. The number of benzene rings is 2. The predicted molar refractivity (Wildman–Crippen MR) is 200 cm³/mol. The van der Waals surface area contributed by atoms with Crippen molar-refractivity contribution in [3.63, 3.8) is 0 Å². The van der Waals surface area contributed by atoms with E-state index in [0.717, 1.165) is 50.6 Å². The molecule has 2 N–H and O–H groups in total. The zero-order valence-electron chi connectivity index (χ0n) is 31.6. The number of nitrogens with one attached hydrogen (secondary N) is 2. The van der Waals surface area contributed by atoms with Gasteiger partial charge in [-0.3, -0.25) is 23.9 Å². The zero-order chi connectivity index (χ0) is 37.7. The molecule has 2 aliphatic rings. The van der Waals surface area contributed by atoms with E-state index in [1.54, 1.807) is 34.8 Å². The maximum absolute atomic E-state index is 14.3. The standard InChI is InChI=1S/C40H55N7O6/c1-28(2)23-33-39(50)47-22-14-17-34(47)40(51)45(3)35(24-29-15-10-9-11-16-29)38(49)41-20-12-7-5-6-8-13-21-46-26-30(43-44-46)27-53-36-19-18-31(52-4)25-32(36)37(48)42-33/h9-11,15-16,18-19,25-26,28,33-35H,5-8,12-14,17,20-24,27H2,1-4H3,(H,41,49)(H,42,48)/t33-,34-,35+/m1/s1. The third kappa shape index (κ3) is 10.8. The molecule has 2 bridgehead atoms. The van der Waals surface area contributed by atoms with Gasteiger partial charge in [0.05, 0.1) is 18.9 Å². The SMILES string of the molecule is COc1ccc2c(c1)C(=O)N[C@H](CC(C)C)C(=O)N1CCC[C@@H]1C(=O)N(C)[C@@H](Cc1ccccc1)C(=O)NCCCCCCCCn1cc(nn1)CO2. The number of likely N-dealkylation sites (N-methyl/N-ethyl adjacent to an activating group) is 1. The van der Waals surface area contributed by atoms with Crippen molar-refractivity contribution >= 4 is 23.6 Å². The van der Waals surface area contributed by atoms with Crippen LogP contribution in [0.5, 0.6) is 11.5 Å². The summed E-state index contributed by atoms with van der Waals surface area (Å²) in [4.78, 5) is 59.4. The van der Waals surface area contributed by atoms with E-state index >= 15 is 0 Å². The van der Waals surface area contributed by atoms with Gasteiger partial charge in [-0.25, -0.2) is 0 Å². The number of nitrogens with zero attached hydrogens (tertiary/aromatic N) is 5. The van der Waals surface area contributed by atoms with Gasteiger partial charge in [0.2, 0.25) is 17.7 Å². The molecule has 1 aromatic heterocycles. The Balaban J connectivity index is 1.42. The van der Waals surface area contributed by atoms with Crippen LogP contribution in [-0.4, -0.2) is 93.8 Å². The minimum Gasteiger partial charge on any atom is -0.497 e. The lowest BCUT2D eigenvalue weighted by Gasteiger charge is -2.34. The molecule has 3 atom stereocenters. The quantitative estimate of drug-likeness (QED) is 0.389. The van der Waals surface area contributed by atoms with Crippen LogP contribution in [0.3, 0.4) is 0 Å². The first-order valence-corrected chi connectivity index (χ1v) is 19.0. The van der Waals surface area contributed by atoms with Crippen LogP contribution in [0.25, 0.3) is 0 Å². The Kier molecular flexibility index (Phi) is 14.2. The van der Waals surface area contributed by atoms with Crippen molar-refractivity contribution in [1.82, 2.24) is 35.4 Å². The molecule has 5 rings (SSSR count). The van der Waals surface area contributed by atoms with E-state index in [2.05, 4.69) is 20.9 Å². The Bertz CT molecular complexity index is 1680. The van der Waals surface area contributed by atoms with Gasteiger partial charge in [0.1, 0.15) is 41.9 Å². The molecule has 53 heavy (non-hydrogen) atoms. The molecule has 1 saturated heterocycles. The highest BCUT2D eigenvalue weighted by Crippen LogP contribution is 2.27. The number of amides is 4. The van der Waals surface area contributed by atoms with E-state index in [-0.39, 0.29) is 35.8 Å². The van der Waals surface area contributed by atoms with E-state index < -0.39 is 24.0 Å². The van der Waals surface area contributed by atoms with Gasteiger partial charge in [-0.15, -0.1) is 5.10 Å². The molecule has 0 unspecified atom stereocenters. The fraction of sp³-hybridized carbons (Fsp3) is 0.550. The second-order valence-corrected chi connectivity index (χ2v) is 14.5. The molecule has 4 amide bonds. The number of fused-ring (bicyclic) bond motifs is 4. The van der Waals surface area contributed by atoms with Gasteiger partial charge >= 0.3 is 0 Å². The highest BCUT2D eigenvalue weighted by Gasteiger charge is 2.41. The van der Waals surface area contributed by atoms with Crippen molar-refractivity contribution in [2.45, 2.75) is 109 Å². The van der Waals surface area contributed by atoms with Crippen LogP contribution in [0.4, 0.5) is 0 Å². The lowest BCUT2D eigenvalue weighted by molar-refractivity contribution is -0.147. The Morgan fingerprint density at radius 2 is 1.68 bits per heavy atom. The fourth-order valence-corrected chi connectivity index (χ4v) is 7.09. The summed E-state index contributed by atoms with van der Waals surface area (Å²) in [5.74, 6) is -0.494. The van der Waals surface area contributed by atoms with Gasteiger partial charge < -0.3 is 29.9 Å². The van der Waals surface area contributed by atoms with Gasteiger partial charge in [-0.2, -0.15) is 0 Å². The molecule has 13 heteroatoms. The first-order valence-electron chi connectivity index (χ1n) is 19.0. The van der Waals surface area contributed by atoms with Crippen molar-refractivity contribution < 1.29 is 28.7 Å². The molecular formula is C40H55N7O6. The number of aromatic nitrogens is 3. The summed E-state index contributed by atoms with van der Waals surface area (Å²) in [5, 5.41) is 14.6. The van der Waals surface area contributed by atoms with Crippen LogP contribution >= 0.6 is 0 Å². The lowest BCUT2D eigenvalue weighted by atomic mass is 10.0. The molecule has 2 aromatic carbocycles. The number of carbonyl (C=O) groups excluding carboxylic acids is 4. The second-order valence-electron chi connectivity index (χ2n) is 14.5. The second kappa shape index (κ2) is 19.2. The van der Waals surface area contributed by atoms with Crippen molar-refractivity contribution in [2.75, 3.05) is 27.2 Å². The van der Waals surface area contributed by atoms with Crippen LogP contribution in [0.1, 0.15) is 93.3 Å². The first-order chi connectivity index (χ1) is 25.6. The number of hydrogen-bond donors (Lipinski definition) is 2. The Morgan fingerprint density at radius 1 is 0.925 bits per heavy atom. The molecule has 13 nitrogen and oxygen atoms in total. The number of ether oxygens (including phenoxy) is 2. The minimum absolute atomic E-state index is 0.0617. The summed E-state index contributed by atoms with van der Waals surface area (Å²) < 4.78 is 13.3. The van der Waals surface area contributed by atoms with Crippen LogP contribution in [0, 0.1) is 5.92 Å². The van der Waals surface area contributed by atoms with Crippen molar-refractivity contribution in [1.29, 1.82) is 0 Å². The van der Waals surface area contributed by atoms with Gasteiger partial charge in [0.15, 0.2) is 0 Å². The fourth-order valence-electron chi connectivity index (χ4n) is 7.09. The molecular weight excluding hydrogens is 674 g/mol. The summed E-state index contributed by atoms with van der Waals surface area (Å²) in [5.41, 5.74) is 1.78. The van der Waals surface area contributed by atoms with Crippen LogP contribution in [-0.2, 0) is 34.0 Å². The van der Waals surface area contributed by atoms with Gasteiger partial charge in [0, 0.05) is 33.1 Å². The van der Waals surface area contributed by atoms with Crippen molar-refractivity contribution in [3.8, 4) is 11.5 Å².